The van der Waals surface area contributed by atoms with Crippen LogP contribution in [0.15, 0.2) is 9.95 Å². The summed E-state index contributed by atoms with van der Waals surface area (Å²) in [6, 6.07) is 0. The highest BCUT2D eigenvalue weighted by molar-refractivity contribution is 7.98. The third-order valence-corrected chi connectivity index (χ3v) is 4.29. The van der Waals surface area contributed by atoms with Gasteiger partial charge in [0.15, 0.2) is 17.2 Å². The van der Waals surface area contributed by atoms with Gasteiger partial charge in [-0.3, -0.25) is 14.2 Å². The second-order valence-electron chi connectivity index (χ2n) is 5.19. The molecule has 0 aromatic carbocycles. The Morgan fingerprint density at radius 2 is 2.04 bits per heavy atom. The summed E-state index contributed by atoms with van der Waals surface area (Å²) in [5, 5.41) is 32.1. The van der Waals surface area contributed by atoms with Crippen molar-refractivity contribution in [3.8, 4) is 0 Å². The summed E-state index contributed by atoms with van der Waals surface area (Å²) < 4.78 is 6.47. The highest BCUT2D eigenvalue weighted by Crippen LogP contribution is 2.21. The van der Waals surface area contributed by atoms with Crippen molar-refractivity contribution >= 4 is 23.4 Å². The van der Waals surface area contributed by atoms with Gasteiger partial charge in [0.25, 0.3) is 5.56 Å². The van der Waals surface area contributed by atoms with Crippen LogP contribution in [0.1, 0.15) is 17.3 Å². The van der Waals surface area contributed by atoms with Crippen molar-refractivity contribution in [3.05, 3.63) is 15.9 Å². The van der Waals surface area contributed by atoms with Gasteiger partial charge in [0.1, 0.15) is 29.7 Å². The third-order valence-electron chi connectivity index (χ3n) is 3.56. The zero-order valence-electron chi connectivity index (χ0n) is 12.9. The maximum absolute atomic E-state index is 12.3. The minimum absolute atomic E-state index is 0.0300. The number of nitrogens with zero attached hydrogens (tertiary/aromatic N) is 2. The lowest BCUT2D eigenvalue weighted by Crippen LogP contribution is -2.55. The summed E-state index contributed by atoms with van der Waals surface area (Å²) in [6.45, 7) is 1.03. The lowest BCUT2D eigenvalue weighted by Gasteiger charge is -2.35. The summed E-state index contributed by atoms with van der Waals surface area (Å²) in [5.74, 6) is -0.517. The van der Waals surface area contributed by atoms with Crippen LogP contribution in [0.2, 0.25) is 0 Å². The summed E-state index contributed by atoms with van der Waals surface area (Å²) >= 11 is 1.22. The number of aromatic nitrogens is 2. The van der Waals surface area contributed by atoms with E-state index in [1.54, 1.807) is 6.26 Å². The molecule has 0 amide bonds. The number of hydrogen-bond donors (Lipinski definition) is 4. The lowest BCUT2D eigenvalue weighted by molar-refractivity contribution is -0.178. The molecule has 1 aliphatic rings. The molecule has 4 N–H and O–H groups in total. The number of ketones is 1. The van der Waals surface area contributed by atoms with E-state index < -0.39 is 35.9 Å². The zero-order chi connectivity index (χ0) is 17.3. The first-order valence-corrected chi connectivity index (χ1v) is 8.08. The van der Waals surface area contributed by atoms with E-state index in [-0.39, 0.29) is 18.0 Å². The normalized spacial score (nSPS) is 27.7. The van der Waals surface area contributed by atoms with Crippen LogP contribution in [-0.2, 0) is 11.8 Å². The fourth-order valence-corrected chi connectivity index (χ4v) is 2.79. The standard InChI is InChI=1S/C13H19N3O6S/c1-5(17)7-10(15-13(23-3)16(2)12(7)21)14-11-9(20)8(19)6(18)4-22-11/h6,8-9,11,14,18-20H,4H2,1-3H3/t6-,8-,9-,11-/m1/s1. The van der Waals surface area contributed by atoms with Crippen LogP contribution in [0.3, 0.4) is 0 Å². The SMILES string of the molecule is CSc1nc(N[C@@H]2OC[C@@H](O)[C@@H](O)[C@H]2O)c(C(C)=O)c(=O)n1C. The van der Waals surface area contributed by atoms with Crippen molar-refractivity contribution in [2.24, 2.45) is 7.05 Å². The van der Waals surface area contributed by atoms with E-state index in [0.717, 1.165) is 0 Å². The van der Waals surface area contributed by atoms with Gasteiger partial charge in [-0.2, -0.15) is 0 Å². The Morgan fingerprint density at radius 1 is 1.39 bits per heavy atom. The number of carbonyl (C=O) groups is 1. The van der Waals surface area contributed by atoms with Crippen LogP contribution in [0.25, 0.3) is 0 Å². The minimum atomic E-state index is -1.44. The molecule has 2 rings (SSSR count). The number of anilines is 1. The quantitative estimate of drug-likeness (QED) is 0.294. The van der Waals surface area contributed by atoms with Crippen molar-refractivity contribution < 1.29 is 24.9 Å². The maximum Gasteiger partial charge on any atom is 0.266 e. The molecule has 1 aromatic heterocycles. The van der Waals surface area contributed by atoms with Gasteiger partial charge >= 0.3 is 0 Å². The van der Waals surface area contributed by atoms with Crippen LogP contribution >= 0.6 is 11.8 Å². The summed E-state index contributed by atoms with van der Waals surface area (Å²) in [4.78, 5) is 28.3. The highest BCUT2D eigenvalue weighted by Gasteiger charge is 2.38. The maximum atomic E-state index is 12.3. The number of aliphatic hydroxyl groups excluding tert-OH is 3. The van der Waals surface area contributed by atoms with Gasteiger partial charge in [-0.25, -0.2) is 4.98 Å². The third kappa shape index (κ3) is 3.40. The van der Waals surface area contributed by atoms with Gasteiger partial charge in [-0.15, -0.1) is 0 Å². The van der Waals surface area contributed by atoms with Crippen molar-refractivity contribution in [2.75, 3.05) is 18.2 Å². The minimum Gasteiger partial charge on any atom is -0.388 e. The summed E-state index contributed by atoms with van der Waals surface area (Å²) in [7, 11) is 1.50. The summed E-state index contributed by atoms with van der Waals surface area (Å²) in [6.07, 6.45) is -3.45. The van der Waals surface area contributed by atoms with Crippen LogP contribution in [0, 0.1) is 0 Å². The highest BCUT2D eigenvalue weighted by atomic mass is 32.2. The molecule has 0 spiro atoms. The molecule has 1 fully saturated rings. The van der Waals surface area contributed by atoms with Crippen LogP contribution < -0.4 is 10.9 Å². The molecule has 0 radical (unpaired) electrons. The average molecular weight is 345 g/mol. The molecule has 0 bridgehead atoms. The van der Waals surface area contributed by atoms with Gasteiger partial charge in [0, 0.05) is 7.05 Å². The lowest BCUT2D eigenvalue weighted by atomic mass is 10.0. The molecule has 0 saturated carbocycles. The van der Waals surface area contributed by atoms with Gasteiger partial charge in [0.05, 0.1) is 6.61 Å². The fourth-order valence-electron chi connectivity index (χ4n) is 2.25. The zero-order valence-corrected chi connectivity index (χ0v) is 13.7. The van der Waals surface area contributed by atoms with Crippen molar-refractivity contribution in [1.29, 1.82) is 0 Å². The number of ether oxygens (including phenoxy) is 1. The monoisotopic (exact) mass is 345 g/mol. The van der Waals surface area contributed by atoms with Crippen LogP contribution in [-0.4, -0.2) is 68.1 Å². The molecule has 1 aromatic rings. The number of carbonyl (C=O) groups excluding carboxylic acids is 1. The molecular formula is C13H19N3O6S. The van der Waals surface area contributed by atoms with Crippen LogP contribution in [0.4, 0.5) is 5.82 Å². The summed E-state index contributed by atoms with van der Waals surface area (Å²) in [5.41, 5.74) is -0.688. The van der Waals surface area contributed by atoms with E-state index in [0.29, 0.717) is 5.16 Å². The predicted molar refractivity (Wildman–Crippen MR) is 82.6 cm³/mol. The van der Waals surface area contributed by atoms with E-state index in [9.17, 15) is 24.9 Å². The van der Waals surface area contributed by atoms with Gasteiger partial charge in [0.2, 0.25) is 0 Å². The Morgan fingerprint density at radius 3 is 2.61 bits per heavy atom. The second kappa shape index (κ2) is 6.97. The molecule has 1 saturated heterocycles. The van der Waals surface area contributed by atoms with Crippen molar-refractivity contribution in [1.82, 2.24) is 9.55 Å². The first-order valence-electron chi connectivity index (χ1n) is 6.86. The van der Waals surface area contributed by atoms with Crippen molar-refractivity contribution in [3.63, 3.8) is 0 Å². The van der Waals surface area contributed by atoms with E-state index in [1.807, 2.05) is 0 Å². The van der Waals surface area contributed by atoms with E-state index in [2.05, 4.69) is 10.3 Å². The van der Waals surface area contributed by atoms with E-state index >= 15 is 0 Å². The molecule has 128 valence electrons. The molecular weight excluding hydrogens is 326 g/mol. The van der Waals surface area contributed by atoms with Crippen molar-refractivity contribution in [2.45, 2.75) is 36.6 Å². The Bertz CT molecular complexity index is 664. The topological polar surface area (TPSA) is 134 Å². The first-order chi connectivity index (χ1) is 10.8. The fraction of sp³-hybridized carbons (Fsp3) is 0.615. The van der Waals surface area contributed by atoms with Gasteiger partial charge < -0.3 is 25.4 Å². The van der Waals surface area contributed by atoms with Gasteiger partial charge in [-0.1, -0.05) is 11.8 Å². The molecule has 23 heavy (non-hydrogen) atoms. The largest absolute Gasteiger partial charge is 0.388 e. The molecule has 1 aliphatic heterocycles. The molecule has 0 aliphatic carbocycles. The molecule has 0 unspecified atom stereocenters. The van der Waals surface area contributed by atoms with E-state index in [1.165, 1.54) is 30.3 Å². The molecule has 2 heterocycles. The number of rotatable bonds is 4. The Hall–Kier alpha value is -1.46. The number of aliphatic hydroxyl groups is 3. The number of hydrogen-bond acceptors (Lipinski definition) is 9. The number of nitrogens with one attached hydrogen (secondary N) is 1. The smallest absolute Gasteiger partial charge is 0.266 e. The Kier molecular flexibility index (Phi) is 5.42. The second-order valence-corrected chi connectivity index (χ2v) is 5.96. The molecule has 10 heteroatoms. The Labute approximate surface area is 136 Å². The molecule has 4 atom stereocenters. The number of Topliss-reactive ketones (excluding diaryl/α,β-unsaturated/α-hetero) is 1. The Balaban J connectivity index is 2.41. The number of thioether (sulfide) groups is 1. The van der Waals surface area contributed by atoms with Crippen LogP contribution in [0.5, 0.6) is 0 Å². The van der Waals surface area contributed by atoms with Gasteiger partial charge in [-0.05, 0) is 13.2 Å². The average Bonchev–Trinajstić information content (AvgIpc) is 2.50. The first kappa shape index (κ1) is 17.9. The van der Waals surface area contributed by atoms with E-state index in [4.69, 9.17) is 4.74 Å². The predicted octanol–water partition coefficient (Wildman–Crippen LogP) is -1.44. The molecule has 9 nitrogen and oxygen atoms in total.